The number of ether oxygens (including phenoxy) is 1. The number of nitrogens with zero attached hydrogens (tertiary/aromatic N) is 6. The highest BCUT2D eigenvalue weighted by Crippen LogP contribution is 2.27. The molecule has 0 radical (unpaired) electrons. The Morgan fingerprint density at radius 1 is 1.04 bits per heavy atom. The average molecular weight is 378 g/mol. The first kappa shape index (κ1) is 17.4. The first-order chi connectivity index (χ1) is 13.8. The van der Waals surface area contributed by atoms with Crippen LogP contribution in [-0.4, -0.2) is 57.9 Å². The quantitative estimate of drug-likeness (QED) is 0.695. The van der Waals surface area contributed by atoms with E-state index in [1.165, 1.54) is 36.2 Å². The lowest BCUT2D eigenvalue weighted by molar-refractivity contribution is 0.248. The Bertz CT molecular complexity index is 976. The highest BCUT2D eigenvalue weighted by Gasteiger charge is 2.21. The molecule has 2 aliphatic heterocycles. The SMILES string of the molecule is COc1ncnc2ccc(N3CCN(Cc4cnn5c4CCCC5)CC3)cc12. The molecule has 1 saturated heterocycles. The molecule has 3 aromatic rings. The Labute approximate surface area is 164 Å². The van der Waals surface area contributed by atoms with Gasteiger partial charge in [-0.25, -0.2) is 9.97 Å². The first-order valence-corrected chi connectivity index (χ1v) is 10.1. The van der Waals surface area contributed by atoms with Crippen LogP contribution < -0.4 is 9.64 Å². The maximum Gasteiger partial charge on any atom is 0.224 e. The average Bonchev–Trinajstić information content (AvgIpc) is 3.16. The minimum atomic E-state index is 0.636. The molecule has 0 unspecified atom stereocenters. The van der Waals surface area contributed by atoms with Crippen LogP contribution in [0.25, 0.3) is 10.9 Å². The molecule has 28 heavy (non-hydrogen) atoms. The van der Waals surface area contributed by atoms with Gasteiger partial charge in [0.05, 0.1) is 24.2 Å². The maximum absolute atomic E-state index is 5.41. The number of hydrogen-bond acceptors (Lipinski definition) is 6. The van der Waals surface area contributed by atoms with E-state index in [2.05, 4.69) is 53.9 Å². The molecule has 4 heterocycles. The van der Waals surface area contributed by atoms with Crippen LogP contribution in [0.4, 0.5) is 5.69 Å². The van der Waals surface area contributed by atoms with Gasteiger partial charge in [0.1, 0.15) is 6.33 Å². The van der Waals surface area contributed by atoms with E-state index in [-0.39, 0.29) is 0 Å². The molecule has 0 amide bonds. The molecular weight excluding hydrogens is 352 g/mol. The molecule has 7 nitrogen and oxygen atoms in total. The molecule has 1 fully saturated rings. The Hall–Kier alpha value is -2.67. The lowest BCUT2D eigenvalue weighted by atomic mass is 10.1. The first-order valence-electron chi connectivity index (χ1n) is 10.1. The zero-order valence-electron chi connectivity index (χ0n) is 16.3. The van der Waals surface area contributed by atoms with Gasteiger partial charge in [0.15, 0.2) is 0 Å². The number of methoxy groups -OCH3 is 1. The molecule has 7 heteroatoms. The second-order valence-corrected chi connectivity index (χ2v) is 7.64. The number of anilines is 1. The van der Waals surface area contributed by atoms with Gasteiger partial charge in [-0.05, 0) is 37.5 Å². The minimum absolute atomic E-state index is 0.636. The topological polar surface area (TPSA) is 59.3 Å². The van der Waals surface area contributed by atoms with Gasteiger partial charge in [-0.1, -0.05) is 0 Å². The third-order valence-corrected chi connectivity index (χ3v) is 5.98. The molecule has 2 aliphatic rings. The molecule has 5 rings (SSSR count). The number of aromatic nitrogens is 4. The fourth-order valence-corrected chi connectivity index (χ4v) is 4.40. The van der Waals surface area contributed by atoms with Crippen molar-refractivity contribution in [1.29, 1.82) is 0 Å². The lowest BCUT2D eigenvalue weighted by Gasteiger charge is -2.36. The summed E-state index contributed by atoms with van der Waals surface area (Å²) in [6, 6.07) is 6.36. The summed E-state index contributed by atoms with van der Waals surface area (Å²) in [7, 11) is 1.66. The summed E-state index contributed by atoms with van der Waals surface area (Å²) >= 11 is 0. The van der Waals surface area contributed by atoms with Crippen molar-refractivity contribution in [1.82, 2.24) is 24.6 Å². The smallest absolute Gasteiger partial charge is 0.224 e. The lowest BCUT2D eigenvalue weighted by Crippen LogP contribution is -2.46. The van der Waals surface area contributed by atoms with Gasteiger partial charge in [0.2, 0.25) is 5.88 Å². The van der Waals surface area contributed by atoms with E-state index in [1.54, 1.807) is 13.4 Å². The van der Waals surface area contributed by atoms with E-state index >= 15 is 0 Å². The molecule has 2 aromatic heterocycles. The third-order valence-electron chi connectivity index (χ3n) is 5.98. The van der Waals surface area contributed by atoms with Crippen molar-refractivity contribution in [2.24, 2.45) is 0 Å². The Kier molecular flexibility index (Phi) is 4.60. The molecule has 0 saturated carbocycles. The normalized spacial score (nSPS) is 17.7. The number of hydrogen-bond donors (Lipinski definition) is 0. The molecular formula is C21H26N6O. The molecule has 0 spiro atoms. The van der Waals surface area contributed by atoms with E-state index < -0.39 is 0 Å². The van der Waals surface area contributed by atoms with Crippen LogP contribution in [0.15, 0.2) is 30.7 Å². The molecule has 0 bridgehead atoms. The van der Waals surface area contributed by atoms with Crippen molar-refractivity contribution in [2.75, 3.05) is 38.2 Å². The Balaban J connectivity index is 1.27. The van der Waals surface area contributed by atoms with Crippen LogP contribution in [0, 0.1) is 0 Å². The van der Waals surface area contributed by atoms with Gasteiger partial charge in [0, 0.05) is 56.2 Å². The molecule has 0 atom stereocenters. The zero-order chi connectivity index (χ0) is 18.9. The maximum atomic E-state index is 5.41. The standard InChI is InChI=1S/C21H26N6O/c1-28-21-18-12-17(5-6-19(18)22-15-23-21)26-10-8-25(9-11-26)14-16-13-24-27-7-3-2-4-20(16)27/h5-6,12-13,15H,2-4,7-11,14H2,1H3. The number of fused-ring (bicyclic) bond motifs is 2. The summed E-state index contributed by atoms with van der Waals surface area (Å²) in [6.45, 7) is 6.26. The monoisotopic (exact) mass is 378 g/mol. The highest BCUT2D eigenvalue weighted by atomic mass is 16.5. The Morgan fingerprint density at radius 2 is 1.93 bits per heavy atom. The van der Waals surface area contributed by atoms with E-state index in [4.69, 9.17) is 4.74 Å². The van der Waals surface area contributed by atoms with Crippen molar-refractivity contribution < 1.29 is 4.74 Å². The van der Waals surface area contributed by atoms with E-state index in [0.717, 1.165) is 50.2 Å². The van der Waals surface area contributed by atoms with Crippen LogP contribution in [0.5, 0.6) is 5.88 Å². The van der Waals surface area contributed by atoms with Crippen molar-refractivity contribution in [3.63, 3.8) is 0 Å². The van der Waals surface area contributed by atoms with Crippen molar-refractivity contribution in [3.05, 3.63) is 42.0 Å². The third kappa shape index (κ3) is 3.20. The van der Waals surface area contributed by atoms with Crippen LogP contribution in [0.2, 0.25) is 0 Å². The van der Waals surface area contributed by atoms with Gasteiger partial charge in [-0.3, -0.25) is 9.58 Å². The number of rotatable bonds is 4. The number of benzene rings is 1. The molecule has 0 aliphatic carbocycles. The van der Waals surface area contributed by atoms with Gasteiger partial charge < -0.3 is 9.64 Å². The summed E-state index contributed by atoms with van der Waals surface area (Å²) in [6.07, 6.45) is 7.37. The van der Waals surface area contributed by atoms with E-state index in [9.17, 15) is 0 Å². The minimum Gasteiger partial charge on any atom is -0.480 e. The van der Waals surface area contributed by atoms with Gasteiger partial charge in [0.25, 0.3) is 0 Å². The van der Waals surface area contributed by atoms with Crippen LogP contribution in [0.3, 0.4) is 0 Å². The molecule has 146 valence electrons. The summed E-state index contributed by atoms with van der Waals surface area (Å²) < 4.78 is 7.61. The number of aryl methyl sites for hydroxylation is 1. The second kappa shape index (κ2) is 7.39. The summed E-state index contributed by atoms with van der Waals surface area (Å²) in [4.78, 5) is 13.6. The highest BCUT2D eigenvalue weighted by molar-refractivity contribution is 5.86. The largest absolute Gasteiger partial charge is 0.480 e. The van der Waals surface area contributed by atoms with Crippen molar-refractivity contribution >= 4 is 16.6 Å². The Morgan fingerprint density at radius 3 is 2.79 bits per heavy atom. The van der Waals surface area contributed by atoms with Gasteiger partial charge in [-0.15, -0.1) is 0 Å². The van der Waals surface area contributed by atoms with Crippen LogP contribution in [0.1, 0.15) is 24.1 Å². The predicted octanol–water partition coefficient (Wildman–Crippen LogP) is 2.49. The van der Waals surface area contributed by atoms with Crippen LogP contribution in [-0.2, 0) is 19.5 Å². The summed E-state index contributed by atoms with van der Waals surface area (Å²) in [5.74, 6) is 0.636. The zero-order valence-corrected chi connectivity index (χ0v) is 16.3. The molecule has 0 N–H and O–H groups in total. The van der Waals surface area contributed by atoms with Crippen LogP contribution >= 0.6 is 0 Å². The second-order valence-electron chi connectivity index (χ2n) is 7.64. The molecule has 1 aromatic carbocycles. The van der Waals surface area contributed by atoms with Crippen molar-refractivity contribution in [2.45, 2.75) is 32.4 Å². The van der Waals surface area contributed by atoms with E-state index in [1.807, 2.05) is 0 Å². The number of piperazine rings is 1. The summed E-state index contributed by atoms with van der Waals surface area (Å²) in [5.41, 5.74) is 5.00. The fourth-order valence-electron chi connectivity index (χ4n) is 4.40. The fraction of sp³-hybridized carbons (Fsp3) is 0.476. The van der Waals surface area contributed by atoms with Gasteiger partial charge in [-0.2, -0.15) is 5.10 Å². The van der Waals surface area contributed by atoms with Crippen molar-refractivity contribution in [3.8, 4) is 5.88 Å². The van der Waals surface area contributed by atoms with Gasteiger partial charge >= 0.3 is 0 Å². The van der Waals surface area contributed by atoms with E-state index in [0.29, 0.717) is 5.88 Å². The predicted molar refractivity (Wildman–Crippen MR) is 109 cm³/mol. The summed E-state index contributed by atoms with van der Waals surface area (Å²) in [5, 5.41) is 5.55.